The molecule has 0 fully saturated rings. The van der Waals surface area contributed by atoms with E-state index in [0.717, 1.165) is 0 Å². The molecule has 12 heavy (non-hydrogen) atoms. The maximum absolute atomic E-state index is 11.3. The van der Waals surface area contributed by atoms with Crippen LogP contribution < -0.4 is 0 Å². The number of halogens is 1. The second-order valence-corrected chi connectivity index (χ2v) is 4.47. The molecule has 1 heterocycles. The van der Waals surface area contributed by atoms with Crippen molar-refractivity contribution in [1.82, 2.24) is 5.06 Å². The lowest BCUT2D eigenvalue weighted by Crippen LogP contribution is -2.52. The van der Waals surface area contributed by atoms with Crippen molar-refractivity contribution < 1.29 is 5.11 Å². The van der Waals surface area contributed by atoms with Gasteiger partial charge < -0.3 is 15.4 Å². The normalized spacial score (nSPS) is 29.6. The Labute approximate surface area is 80.1 Å². The average Bonchev–Trinajstić information content (AvgIpc) is 1.93. The molecule has 1 N–H and O–H groups in total. The molecule has 3 nitrogen and oxygen atoms in total. The number of alkyl halides is 1. The summed E-state index contributed by atoms with van der Waals surface area (Å²) in [5.74, 6) is 0. The SMILES string of the molecule is CC(C)(O)C1(Br)C=CC=CN1[O-]. The molecule has 1 rings (SSSR count). The third-order valence-corrected chi connectivity index (χ3v) is 3.41. The van der Waals surface area contributed by atoms with E-state index in [9.17, 15) is 10.3 Å². The van der Waals surface area contributed by atoms with Crippen molar-refractivity contribution in [2.75, 3.05) is 0 Å². The summed E-state index contributed by atoms with van der Waals surface area (Å²) in [5.41, 5.74) is -1.13. The van der Waals surface area contributed by atoms with Gasteiger partial charge in [0.1, 0.15) is 4.45 Å². The van der Waals surface area contributed by atoms with Crippen LogP contribution in [0.15, 0.2) is 24.4 Å². The lowest BCUT2D eigenvalue weighted by atomic mass is 9.97. The number of hydrogen-bond acceptors (Lipinski definition) is 3. The minimum absolute atomic E-state index is 0.688. The second kappa shape index (κ2) is 2.87. The minimum atomic E-state index is -1.13. The monoisotopic (exact) mass is 232 g/mol. The van der Waals surface area contributed by atoms with Crippen molar-refractivity contribution in [3.05, 3.63) is 29.6 Å². The molecule has 68 valence electrons. The van der Waals surface area contributed by atoms with Crippen LogP contribution in [0.1, 0.15) is 13.8 Å². The standard InChI is InChI=1S/C8H11BrNO2/c1-7(2,11)8(9)5-3-4-6-10(8)12/h3-6,11H,1-2H3/q-1. The largest absolute Gasteiger partial charge is 0.757 e. The Kier molecular flexibility index (Phi) is 2.33. The topological polar surface area (TPSA) is 46.5 Å². The van der Waals surface area contributed by atoms with E-state index in [0.29, 0.717) is 5.06 Å². The molecule has 0 saturated carbocycles. The van der Waals surface area contributed by atoms with E-state index in [4.69, 9.17) is 0 Å². The lowest BCUT2D eigenvalue weighted by Gasteiger charge is -2.50. The summed E-state index contributed by atoms with van der Waals surface area (Å²) in [6, 6.07) is 0. The quantitative estimate of drug-likeness (QED) is 0.554. The van der Waals surface area contributed by atoms with Crippen LogP contribution in [0.4, 0.5) is 0 Å². The van der Waals surface area contributed by atoms with Crippen LogP contribution in [0.5, 0.6) is 0 Å². The van der Waals surface area contributed by atoms with E-state index in [1.165, 1.54) is 6.20 Å². The van der Waals surface area contributed by atoms with Crippen molar-refractivity contribution >= 4 is 15.9 Å². The van der Waals surface area contributed by atoms with Crippen LogP contribution in [-0.4, -0.2) is 20.2 Å². The van der Waals surface area contributed by atoms with Crippen LogP contribution in [0.25, 0.3) is 0 Å². The van der Waals surface area contributed by atoms with Crippen molar-refractivity contribution in [1.29, 1.82) is 0 Å². The van der Waals surface area contributed by atoms with Gasteiger partial charge in [-0.15, -0.1) is 0 Å². The third kappa shape index (κ3) is 1.42. The van der Waals surface area contributed by atoms with Gasteiger partial charge in [0.2, 0.25) is 0 Å². The van der Waals surface area contributed by atoms with Crippen LogP contribution in [-0.2, 0) is 0 Å². The molecule has 0 saturated heterocycles. The molecule has 0 radical (unpaired) electrons. The van der Waals surface area contributed by atoms with Gasteiger partial charge in [-0.25, -0.2) is 0 Å². The van der Waals surface area contributed by atoms with Gasteiger partial charge in [0.05, 0.1) is 5.60 Å². The first kappa shape index (κ1) is 9.77. The maximum Gasteiger partial charge on any atom is 0.132 e. The van der Waals surface area contributed by atoms with Gasteiger partial charge in [0.25, 0.3) is 0 Å². The molecule has 0 spiro atoms. The molecule has 1 aliphatic heterocycles. The molecule has 0 aliphatic carbocycles. The molecule has 0 aromatic carbocycles. The van der Waals surface area contributed by atoms with Gasteiger partial charge in [0, 0.05) is 0 Å². The fraction of sp³-hybridized carbons (Fsp3) is 0.500. The summed E-state index contributed by atoms with van der Waals surface area (Å²) >= 11 is 3.21. The van der Waals surface area contributed by atoms with Crippen molar-refractivity contribution in [2.45, 2.75) is 23.9 Å². The van der Waals surface area contributed by atoms with E-state index in [1.54, 1.807) is 32.1 Å². The highest BCUT2D eigenvalue weighted by atomic mass is 79.9. The zero-order valence-electron chi connectivity index (χ0n) is 6.99. The van der Waals surface area contributed by atoms with Gasteiger partial charge in [-0.3, -0.25) is 0 Å². The van der Waals surface area contributed by atoms with E-state index in [2.05, 4.69) is 15.9 Å². The summed E-state index contributed by atoms with van der Waals surface area (Å²) in [6.07, 6.45) is 6.34. The fourth-order valence-electron chi connectivity index (χ4n) is 0.966. The highest BCUT2D eigenvalue weighted by molar-refractivity contribution is 9.10. The predicted molar refractivity (Wildman–Crippen MR) is 51.4 cm³/mol. The van der Waals surface area contributed by atoms with Crippen LogP contribution >= 0.6 is 15.9 Å². The van der Waals surface area contributed by atoms with Gasteiger partial charge in [-0.2, -0.15) is 0 Å². The second-order valence-electron chi connectivity index (χ2n) is 3.26. The number of nitrogens with zero attached hydrogens (tertiary/aromatic N) is 1. The number of hydroxylamine groups is 2. The van der Waals surface area contributed by atoms with E-state index in [1.807, 2.05) is 0 Å². The molecule has 1 unspecified atom stereocenters. The Hall–Kier alpha value is -0.320. The van der Waals surface area contributed by atoms with Gasteiger partial charge >= 0.3 is 0 Å². The van der Waals surface area contributed by atoms with E-state index in [-0.39, 0.29) is 0 Å². The van der Waals surface area contributed by atoms with Gasteiger partial charge in [-0.1, -0.05) is 22.0 Å². The van der Waals surface area contributed by atoms with Crippen LogP contribution in [0, 0.1) is 5.21 Å². The highest BCUT2D eigenvalue weighted by Gasteiger charge is 2.40. The minimum Gasteiger partial charge on any atom is -0.757 e. The lowest BCUT2D eigenvalue weighted by molar-refractivity contribution is 0.0166. The van der Waals surface area contributed by atoms with Crippen molar-refractivity contribution in [2.24, 2.45) is 0 Å². The number of aliphatic hydroxyl groups is 1. The first-order valence-corrected chi connectivity index (χ1v) is 4.41. The molecule has 1 atom stereocenters. The van der Waals surface area contributed by atoms with Crippen molar-refractivity contribution in [3.63, 3.8) is 0 Å². The number of rotatable bonds is 1. The Balaban J connectivity index is 2.99. The zero-order chi connectivity index (χ0) is 9.41. The molecular weight excluding hydrogens is 222 g/mol. The summed E-state index contributed by atoms with van der Waals surface area (Å²) in [6.45, 7) is 3.16. The average molecular weight is 233 g/mol. The molecule has 0 aromatic rings. The fourth-order valence-corrected chi connectivity index (χ4v) is 1.24. The zero-order valence-corrected chi connectivity index (χ0v) is 8.58. The molecule has 0 amide bonds. The van der Waals surface area contributed by atoms with Gasteiger partial charge in [0.15, 0.2) is 0 Å². The van der Waals surface area contributed by atoms with E-state index < -0.39 is 10.0 Å². The Bertz CT molecular complexity index is 232. The Morgan fingerprint density at radius 1 is 1.50 bits per heavy atom. The van der Waals surface area contributed by atoms with E-state index >= 15 is 0 Å². The summed E-state index contributed by atoms with van der Waals surface area (Å²) in [5, 5.41) is 21.7. The summed E-state index contributed by atoms with van der Waals surface area (Å²) in [7, 11) is 0. The predicted octanol–water partition coefficient (Wildman–Crippen LogP) is 1.73. The molecule has 1 aliphatic rings. The first-order chi connectivity index (χ1) is 5.38. The molecule has 0 aromatic heterocycles. The number of allylic oxidation sites excluding steroid dienone is 2. The van der Waals surface area contributed by atoms with Crippen LogP contribution in [0.3, 0.4) is 0 Å². The maximum atomic E-state index is 11.3. The molecule has 0 bridgehead atoms. The van der Waals surface area contributed by atoms with Gasteiger partial charge in [-0.05, 0) is 32.2 Å². The third-order valence-electron chi connectivity index (χ3n) is 1.83. The van der Waals surface area contributed by atoms with Crippen LogP contribution in [0.2, 0.25) is 0 Å². The Morgan fingerprint density at radius 2 is 2.08 bits per heavy atom. The number of hydrogen-bond donors (Lipinski definition) is 1. The Morgan fingerprint density at radius 3 is 2.42 bits per heavy atom. The molecular formula is C8H11BrNO2-. The molecule has 4 heteroatoms. The first-order valence-electron chi connectivity index (χ1n) is 3.62. The highest BCUT2D eigenvalue weighted by Crippen LogP contribution is 2.37. The smallest absolute Gasteiger partial charge is 0.132 e. The summed E-state index contributed by atoms with van der Waals surface area (Å²) < 4.78 is -1.05. The summed E-state index contributed by atoms with van der Waals surface area (Å²) in [4.78, 5) is 0. The van der Waals surface area contributed by atoms with Crippen molar-refractivity contribution in [3.8, 4) is 0 Å².